The molecule has 1 fully saturated rings. The zero-order chi connectivity index (χ0) is 17.9. The van der Waals surface area contributed by atoms with Gasteiger partial charge in [-0.2, -0.15) is 0 Å². The van der Waals surface area contributed by atoms with E-state index in [1.165, 1.54) is 12.1 Å². The Morgan fingerprint density at radius 2 is 2.32 bits per heavy atom. The van der Waals surface area contributed by atoms with E-state index < -0.39 is 0 Å². The van der Waals surface area contributed by atoms with Gasteiger partial charge in [0.2, 0.25) is 5.91 Å². The fraction of sp³-hybridized carbons (Fsp3) is 0.579. The number of amides is 1. The number of aromatic nitrogens is 2. The van der Waals surface area contributed by atoms with Gasteiger partial charge in [-0.15, -0.1) is 0 Å². The Labute approximate surface area is 148 Å². The molecule has 2 N–H and O–H groups in total. The highest BCUT2D eigenvalue weighted by molar-refractivity contribution is 5.82. The smallest absolute Gasteiger partial charge is 0.227 e. The average Bonchev–Trinajstić information content (AvgIpc) is 3.00. The molecule has 1 amide bonds. The topological polar surface area (TPSA) is 61.0 Å². The van der Waals surface area contributed by atoms with Gasteiger partial charge in [0.25, 0.3) is 0 Å². The van der Waals surface area contributed by atoms with Crippen molar-refractivity contribution >= 4 is 16.9 Å². The van der Waals surface area contributed by atoms with E-state index in [9.17, 15) is 9.18 Å². The van der Waals surface area contributed by atoms with Gasteiger partial charge in [0, 0.05) is 19.5 Å². The van der Waals surface area contributed by atoms with Gasteiger partial charge in [-0.3, -0.25) is 4.79 Å². The first-order chi connectivity index (χ1) is 12.0. The molecular weight excluding hydrogens is 319 g/mol. The Kier molecular flexibility index (Phi) is 5.37. The van der Waals surface area contributed by atoms with Crippen LogP contribution < -0.4 is 5.32 Å². The molecule has 1 atom stereocenters. The van der Waals surface area contributed by atoms with Crippen molar-refractivity contribution in [1.29, 1.82) is 0 Å². The molecule has 1 unspecified atom stereocenters. The number of carbonyl (C=O) groups is 1. The first-order valence-corrected chi connectivity index (χ1v) is 9.15. The minimum atomic E-state index is -0.287. The molecule has 5 nitrogen and oxygen atoms in total. The minimum absolute atomic E-state index is 0.150. The van der Waals surface area contributed by atoms with Crippen LogP contribution in [0.3, 0.4) is 0 Å². The standard InChI is InChI=1S/C19H27FN4O/c1-3-24-11-5-9-19(2,13-24)18(25)21-10-4-6-17-22-15-8-7-14(20)12-16(15)23-17/h7-8,12H,3-6,9-11,13H2,1-2H3,(H,21,25)(H,22,23). The number of rotatable bonds is 6. The zero-order valence-electron chi connectivity index (χ0n) is 15.1. The van der Waals surface area contributed by atoms with Gasteiger partial charge >= 0.3 is 0 Å². The molecule has 136 valence electrons. The number of nitrogens with zero attached hydrogens (tertiary/aromatic N) is 2. The predicted molar refractivity (Wildman–Crippen MR) is 96.8 cm³/mol. The second-order valence-electron chi connectivity index (χ2n) is 7.24. The minimum Gasteiger partial charge on any atom is -0.356 e. The van der Waals surface area contributed by atoms with E-state index in [4.69, 9.17) is 0 Å². The quantitative estimate of drug-likeness (QED) is 0.791. The summed E-state index contributed by atoms with van der Waals surface area (Å²) in [6.07, 6.45) is 3.56. The summed E-state index contributed by atoms with van der Waals surface area (Å²) >= 11 is 0. The first kappa shape index (κ1) is 17.9. The van der Waals surface area contributed by atoms with Crippen LogP contribution in [0.4, 0.5) is 4.39 Å². The van der Waals surface area contributed by atoms with Crippen molar-refractivity contribution in [3.8, 4) is 0 Å². The van der Waals surface area contributed by atoms with Crippen molar-refractivity contribution < 1.29 is 9.18 Å². The molecule has 0 aliphatic carbocycles. The molecule has 0 saturated carbocycles. The van der Waals surface area contributed by atoms with E-state index in [1.54, 1.807) is 6.07 Å². The predicted octanol–water partition coefficient (Wildman–Crippen LogP) is 2.87. The number of H-pyrrole nitrogens is 1. The van der Waals surface area contributed by atoms with Gasteiger partial charge in [0.15, 0.2) is 0 Å². The Bertz CT molecular complexity index is 744. The van der Waals surface area contributed by atoms with Gasteiger partial charge in [0.05, 0.1) is 16.4 Å². The van der Waals surface area contributed by atoms with E-state index in [0.717, 1.165) is 56.7 Å². The molecule has 1 aliphatic heterocycles. The van der Waals surface area contributed by atoms with Gasteiger partial charge in [0.1, 0.15) is 11.6 Å². The molecule has 3 rings (SSSR count). The highest BCUT2D eigenvalue weighted by Gasteiger charge is 2.36. The second kappa shape index (κ2) is 7.52. The van der Waals surface area contributed by atoms with Gasteiger partial charge < -0.3 is 15.2 Å². The number of halogens is 1. The van der Waals surface area contributed by atoms with Crippen molar-refractivity contribution in [2.24, 2.45) is 5.41 Å². The SMILES string of the molecule is CCN1CCCC(C)(C(=O)NCCCc2nc3ccc(F)cc3[nH]2)C1. The van der Waals surface area contributed by atoms with E-state index >= 15 is 0 Å². The summed E-state index contributed by atoms with van der Waals surface area (Å²) in [6, 6.07) is 4.55. The van der Waals surface area contributed by atoms with Crippen molar-refractivity contribution in [3.63, 3.8) is 0 Å². The molecule has 2 heterocycles. The maximum Gasteiger partial charge on any atom is 0.227 e. The first-order valence-electron chi connectivity index (χ1n) is 9.15. The lowest BCUT2D eigenvalue weighted by atomic mass is 9.81. The van der Waals surface area contributed by atoms with Crippen LogP contribution in [0.25, 0.3) is 11.0 Å². The fourth-order valence-electron chi connectivity index (χ4n) is 3.62. The molecule has 6 heteroatoms. The van der Waals surface area contributed by atoms with Crippen molar-refractivity contribution in [2.75, 3.05) is 26.2 Å². The van der Waals surface area contributed by atoms with Crippen LogP contribution in [-0.2, 0) is 11.2 Å². The summed E-state index contributed by atoms with van der Waals surface area (Å²) in [4.78, 5) is 22.5. The van der Waals surface area contributed by atoms with Crippen LogP contribution in [0.5, 0.6) is 0 Å². The molecule has 1 aromatic heterocycles. The number of fused-ring (bicyclic) bond motifs is 1. The molecule has 1 aliphatic rings. The van der Waals surface area contributed by atoms with Crippen LogP contribution >= 0.6 is 0 Å². The monoisotopic (exact) mass is 346 g/mol. The Morgan fingerprint density at radius 3 is 3.12 bits per heavy atom. The molecule has 0 radical (unpaired) electrons. The maximum absolute atomic E-state index is 13.2. The summed E-state index contributed by atoms with van der Waals surface area (Å²) in [5.74, 6) is 0.713. The summed E-state index contributed by atoms with van der Waals surface area (Å²) in [6.45, 7) is 7.76. The van der Waals surface area contributed by atoms with Gasteiger partial charge in [-0.25, -0.2) is 9.37 Å². The molecule has 0 spiro atoms. The fourth-order valence-corrected chi connectivity index (χ4v) is 3.62. The van der Waals surface area contributed by atoms with E-state index in [-0.39, 0.29) is 17.1 Å². The molecular formula is C19H27FN4O. The zero-order valence-corrected chi connectivity index (χ0v) is 15.1. The molecule has 2 aromatic rings. The number of benzene rings is 1. The summed E-state index contributed by atoms with van der Waals surface area (Å²) in [5.41, 5.74) is 1.20. The van der Waals surface area contributed by atoms with Crippen LogP contribution in [0.2, 0.25) is 0 Å². The third-order valence-electron chi connectivity index (χ3n) is 5.14. The van der Waals surface area contributed by atoms with Crippen LogP contribution in [0.1, 0.15) is 38.9 Å². The lowest BCUT2D eigenvalue weighted by Gasteiger charge is -2.38. The summed E-state index contributed by atoms with van der Waals surface area (Å²) in [5, 5.41) is 3.08. The highest BCUT2D eigenvalue weighted by Crippen LogP contribution is 2.29. The van der Waals surface area contributed by atoms with Crippen LogP contribution in [0.15, 0.2) is 18.2 Å². The Balaban J connectivity index is 1.48. The molecule has 0 bridgehead atoms. The number of hydrogen-bond donors (Lipinski definition) is 2. The largest absolute Gasteiger partial charge is 0.356 e. The lowest BCUT2D eigenvalue weighted by Crippen LogP contribution is -2.50. The van der Waals surface area contributed by atoms with Gasteiger partial charge in [-0.1, -0.05) is 6.92 Å². The number of aryl methyl sites for hydroxylation is 1. The lowest BCUT2D eigenvalue weighted by molar-refractivity contribution is -0.133. The van der Waals surface area contributed by atoms with Crippen molar-refractivity contribution in [1.82, 2.24) is 20.2 Å². The van der Waals surface area contributed by atoms with E-state index in [0.29, 0.717) is 12.1 Å². The summed E-state index contributed by atoms with van der Waals surface area (Å²) < 4.78 is 13.2. The van der Waals surface area contributed by atoms with E-state index in [2.05, 4.69) is 34.0 Å². The third-order valence-corrected chi connectivity index (χ3v) is 5.14. The number of piperidine rings is 1. The molecule has 1 saturated heterocycles. The third kappa shape index (κ3) is 4.18. The molecule has 25 heavy (non-hydrogen) atoms. The Hall–Kier alpha value is -1.95. The highest BCUT2D eigenvalue weighted by atomic mass is 19.1. The van der Waals surface area contributed by atoms with Crippen molar-refractivity contribution in [2.45, 2.75) is 39.5 Å². The van der Waals surface area contributed by atoms with Crippen LogP contribution in [0, 0.1) is 11.2 Å². The van der Waals surface area contributed by atoms with Gasteiger partial charge in [-0.05, 0) is 57.5 Å². The molecule has 1 aromatic carbocycles. The number of imidazole rings is 1. The normalized spacial score (nSPS) is 21.6. The van der Waals surface area contributed by atoms with Crippen LogP contribution in [-0.4, -0.2) is 47.0 Å². The number of nitrogens with one attached hydrogen (secondary N) is 2. The average molecular weight is 346 g/mol. The summed E-state index contributed by atoms with van der Waals surface area (Å²) in [7, 11) is 0. The van der Waals surface area contributed by atoms with E-state index in [1.807, 2.05) is 0 Å². The number of hydrogen-bond acceptors (Lipinski definition) is 3. The maximum atomic E-state index is 13.2. The Morgan fingerprint density at radius 1 is 1.48 bits per heavy atom. The number of carbonyl (C=O) groups excluding carboxylic acids is 1. The number of aromatic amines is 1. The second-order valence-corrected chi connectivity index (χ2v) is 7.24. The van der Waals surface area contributed by atoms with Crippen molar-refractivity contribution in [3.05, 3.63) is 29.8 Å². The number of likely N-dealkylation sites (tertiary alicyclic amines) is 1.